The van der Waals surface area contributed by atoms with Crippen LogP contribution in [0.15, 0.2) is 0 Å². The van der Waals surface area contributed by atoms with Crippen molar-refractivity contribution in [1.82, 2.24) is 0 Å². The third-order valence-electron chi connectivity index (χ3n) is 1.55. The van der Waals surface area contributed by atoms with E-state index in [-0.39, 0.29) is 0 Å². The number of hydrogen-bond acceptors (Lipinski definition) is 0. The van der Waals surface area contributed by atoms with Gasteiger partial charge in [-0.25, -0.2) is 0 Å². The van der Waals surface area contributed by atoms with Crippen LogP contribution in [0, 0.1) is 0 Å². The van der Waals surface area contributed by atoms with Gasteiger partial charge >= 0.3 is 0 Å². The van der Waals surface area contributed by atoms with E-state index < -0.39 is 0 Å². The van der Waals surface area contributed by atoms with Crippen LogP contribution in [0.1, 0.15) is 32.6 Å². The normalized spacial score (nSPS) is 13.7. The van der Waals surface area contributed by atoms with E-state index in [1.807, 2.05) is 0 Å². The molecule has 0 saturated carbocycles. The third kappa shape index (κ3) is 6.75. The van der Waals surface area contributed by atoms with Gasteiger partial charge in [0, 0.05) is 0 Å². The average Bonchev–Trinajstić information content (AvgIpc) is 1.89. The molecule has 0 saturated heterocycles. The summed E-state index contributed by atoms with van der Waals surface area (Å²) in [6.45, 7) is 2.25. The number of hydrogen-bond donors (Lipinski definition) is 0. The predicted octanol–water partition coefficient (Wildman–Crippen LogP) is 2.69. The van der Waals surface area contributed by atoms with Gasteiger partial charge in [-0.05, 0) is 31.1 Å². The van der Waals surface area contributed by atoms with Gasteiger partial charge in [0.2, 0.25) is 0 Å². The molecule has 0 aromatic rings. The summed E-state index contributed by atoms with van der Waals surface area (Å²) < 4.78 is 0. The van der Waals surface area contributed by atoms with Crippen molar-refractivity contribution in [2.24, 2.45) is 0 Å². The van der Waals surface area contributed by atoms with Gasteiger partial charge in [-0.15, -0.1) is 18.5 Å². The van der Waals surface area contributed by atoms with Crippen LogP contribution in [0.25, 0.3) is 0 Å². The zero-order valence-electron chi connectivity index (χ0n) is 6.27. The molecule has 3 atom stereocenters. The molecule has 0 aliphatic heterocycles. The van der Waals surface area contributed by atoms with E-state index in [9.17, 15) is 0 Å². The standard InChI is InChI=1S/C7H18P2/c1-2-7(9)5-3-4-6-8/h7H,2-6,8-9H2,1H3. The van der Waals surface area contributed by atoms with E-state index in [2.05, 4.69) is 25.4 Å². The van der Waals surface area contributed by atoms with Crippen molar-refractivity contribution in [3.63, 3.8) is 0 Å². The van der Waals surface area contributed by atoms with Gasteiger partial charge in [0.1, 0.15) is 0 Å². The fourth-order valence-corrected chi connectivity index (χ4v) is 1.28. The number of unbranched alkanes of at least 4 members (excludes halogenated alkanes) is 1. The summed E-state index contributed by atoms with van der Waals surface area (Å²) >= 11 is 0. The second kappa shape index (κ2) is 6.97. The van der Waals surface area contributed by atoms with Crippen LogP contribution in [0.2, 0.25) is 0 Å². The van der Waals surface area contributed by atoms with Crippen molar-refractivity contribution in [3.8, 4) is 0 Å². The smallest absolute Gasteiger partial charge is 0.0267 e. The summed E-state index contributed by atoms with van der Waals surface area (Å²) in [7, 11) is 5.67. The maximum Gasteiger partial charge on any atom is -0.0267 e. The predicted molar refractivity (Wildman–Crippen MR) is 52.2 cm³/mol. The highest BCUT2D eigenvalue weighted by molar-refractivity contribution is 7.17. The molecule has 0 aromatic carbocycles. The van der Waals surface area contributed by atoms with Crippen molar-refractivity contribution >= 4 is 18.5 Å². The Balaban J connectivity index is 2.88. The molecule has 0 aliphatic rings. The quantitative estimate of drug-likeness (QED) is 0.433. The molecule has 0 nitrogen and oxygen atoms in total. The molecule has 3 unspecified atom stereocenters. The van der Waals surface area contributed by atoms with Crippen LogP contribution in [0.3, 0.4) is 0 Å². The average molecular weight is 164 g/mol. The molecular formula is C7H18P2. The van der Waals surface area contributed by atoms with Crippen LogP contribution >= 0.6 is 18.5 Å². The summed E-state index contributed by atoms with van der Waals surface area (Å²) in [5.41, 5.74) is 0.863. The molecule has 0 rings (SSSR count). The molecule has 0 amide bonds. The Morgan fingerprint density at radius 3 is 2.44 bits per heavy atom. The van der Waals surface area contributed by atoms with E-state index in [1.54, 1.807) is 0 Å². The van der Waals surface area contributed by atoms with Crippen LogP contribution in [-0.2, 0) is 0 Å². The Labute approximate surface area is 63.6 Å². The van der Waals surface area contributed by atoms with Gasteiger partial charge in [0.25, 0.3) is 0 Å². The first kappa shape index (κ1) is 9.86. The van der Waals surface area contributed by atoms with Gasteiger partial charge < -0.3 is 0 Å². The van der Waals surface area contributed by atoms with Gasteiger partial charge in [0.15, 0.2) is 0 Å². The molecular weight excluding hydrogens is 146 g/mol. The lowest BCUT2D eigenvalue weighted by Crippen LogP contribution is -1.94. The first-order valence-electron chi connectivity index (χ1n) is 3.77. The molecule has 0 N–H and O–H groups in total. The Morgan fingerprint density at radius 2 is 2.00 bits per heavy atom. The van der Waals surface area contributed by atoms with E-state index in [4.69, 9.17) is 0 Å². The van der Waals surface area contributed by atoms with E-state index >= 15 is 0 Å². The minimum absolute atomic E-state index is 0.863. The van der Waals surface area contributed by atoms with Crippen LogP contribution < -0.4 is 0 Å². The highest BCUT2D eigenvalue weighted by Gasteiger charge is 1.95. The first-order chi connectivity index (χ1) is 4.31. The Hall–Kier alpha value is 0.860. The summed E-state index contributed by atoms with van der Waals surface area (Å²) in [6, 6.07) is 0. The van der Waals surface area contributed by atoms with Gasteiger partial charge in [0.05, 0.1) is 0 Å². The third-order valence-corrected chi connectivity index (χ3v) is 2.77. The summed E-state index contributed by atoms with van der Waals surface area (Å²) in [5, 5.41) is 0. The molecule has 56 valence electrons. The van der Waals surface area contributed by atoms with Gasteiger partial charge in [-0.3, -0.25) is 0 Å². The molecule has 0 bridgehead atoms. The second-order valence-corrected chi connectivity index (χ2v) is 3.97. The van der Waals surface area contributed by atoms with Gasteiger partial charge in [-0.1, -0.05) is 13.3 Å². The monoisotopic (exact) mass is 164 g/mol. The van der Waals surface area contributed by atoms with Crippen molar-refractivity contribution < 1.29 is 0 Å². The van der Waals surface area contributed by atoms with Crippen molar-refractivity contribution in [2.75, 3.05) is 6.16 Å². The molecule has 0 aromatic heterocycles. The fourth-order valence-electron chi connectivity index (χ4n) is 0.755. The highest BCUT2D eigenvalue weighted by Crippen LogP contribution is 2.13. The lowest BCUT2D eigenvalue weighted by atomic mass is 10.2. The molecule has 0 radical (unpaired) electrons. The molecule has 0 aliphatic carbocycles. The second-order valence-electron chi connectivity index (χ2n) is 2.45. The molecule has 0 heterocycles. The van der Waals surface area contributed by atoms with Crippen molar-refractivity contribution in [1.29, 1.82) is 0 Å². The summed E-state index contributed by atoms with van der Waals surface area (Å²) in [4.78, 5) is 0. The Morgan fingerprint density at radius 1 is 1.33 bits per heavy atom. The lowest BCUT2D eigenvalue weighted by Gasteiger charge is -2.05. The van der Waals surface area contributed by atoms with Crippen LogP contribution in [0.4, 0.5) is 0 Å². The molecule has 9 heavy (non-hydrogen) atoms. The van der Waals surface area contributed by atoms with Crippen LogP contribution in [0.5, 0.6) is 0 Å². The molecule has 0 spiro atoms. The van der Waals surface area contributed by atoms with Crippen molar-refractivity contribution in [3.05, 3.63) is 0 Å². The summed E-state index contributed by atoms with van der Waals surface area (Å²) in [6.07, 6.45) is 6.72. The van der Waals surface area contributed by atoms with Crippen LogP contribution in [-0.4, -0.2) is 11.8 Å². The maximum absolute atomic E-state index is 2.90. The maximum atomic E-state index is 2.90. The SMILES string of the molecule is CCC(P)CCCCP. The van der Waals surface area contributed by atoms with Gasteiger partial charge in [-0.2, -0.15) is 0 Å². The largest absolute Gasteiger partial charge is 0.138 e. The van der Waals surface area contributed by atoms with E-state index in [0.29, 0.717) is 0 Å². The van der Waals surface area contributed by atoms with E-state index in [1.165, 1.54) is 31.8 Å². The lowest BCUT2D eigenvalue weighted by molar-refractivity contribution is 0.673. The van der Waals surface area contributed by atoms with E-state index in [0.717, 1.165) is 5.66 Å². The van der Waals surface area contributed by atoms with Crippen molar-refractivity contribution in [2.45, 2.75) is 38.3 Å². The fraction of sp³-hybridized carbons (Fsp3) is 1.00. The molecule has 0 fully saturated rings. The Kier molecular flexibility index (Phi) is 7.64. The summed E-state index contributed by atoms with van der Waals surface area (Å²) in [5.74, 6) is 0. The zero-order chi connectivity index (χ0) is 7.11. The first-order valence-corrected chi connectivity index (χ1v) is 5.25. The Bertz CT molecular complexity index is 54.9. The zero-order valence-corrected chi connectivity index (χ0v) is 8.58. The minimum atomic E-state index is 0.863. The molecule has 2 heteroatoms. The highest BCUT2D eigenvalue weighted by atomic mass is 31.0. The number of rotatable bonds is 5. The minimum Gasteiger partial charge on any atom is -0.138 e. The topological polar surface area (TPSA) is 0 Å².